The molecule has 4 aliphatic heterocycles. The summed E-state index contributed by atoms with van der Waals surface area (Å²) in [5.41, 5.74) is -0.833. The van der Waals surface area contributed by atoms with Gasteiger partial charge >= 0.3 is 6.01 Å². The second kappa shape index (κ2) is 11.5. The molecule has 8 rings (SSSR count). The van der Waals surface area contributed by atoms with E-state index in [1.54, 1.807) is 6.92 Å². The van der Waals surface area contributed by atoms with Crippen LogP contribution in [-0.4, -0.2) is 81.7 Å². The zero-order valence-corrected chi connectivity index (χ0v) is 26.6. The van der Waals surface area contributed by atoms with Crippen molar-refractivity contribution in [3.05, 3.63) is 47.2 Å². The lowest BCUT2D eigenvalue weighted by atomic mass is 9.85. The molecule has 0 bridgehead atoms. The third kappa shape index (κ3) is 4.91. The minimum absolute atomic E-state index is 0.0437. The summed E-state index contributed by atoms with van der Waals surface area (Å²) in [4.78, 5) is 18.4. The molecule has 4 saturated heterocycles. The highest BCUT2D eigenvalue weighted by Crippen LogP contribution is 2.44. The standard InChI is InChI=1S/C37H34F3N5O3/c1-3-7-28-30-33(31(40)32(41-28)26-17-24(46)16-22-8-9-27(39)25(4-2)29(22)26)42-35(47-21-36-10-5-14-45(36)19-23(38)18-36)43-34(30)44-13-6-11-37(20-44)12-15-48-37/h2,8-9,16-17,23,46H,5-6,10-15,18-21H2,1H3/t23-,36+,37?/m1/s1. The first-order chi connectivity index (χ1) is 23.2. The van der Waals surface area contributed by atoms with Crippen molar-refractivity contribution >= 4 is 27.5 Å². The first-order valence-corrected chi connectivity index (χ1v) is 16.4. The summed E-state index contributed by atoms with van der Waals surface area (Å²) in [6.45, 7) is 4.84. The maximum Gasteiger partial charge on any atom is 0.319 e. The van der Waals surface area contributed by atoms with Gasteiger partial charge in [0.2, 0.25) is 0 Å². The van der Waals surface area contributed by atoms with Gasteiger partial charge in [0.25, 0.3) is 0 Å². The van der Waals surface area contributed by atoms with Crippen LogP contribution >= 0.6 is 0 Å². The highest BCUT2D eigenvalue weighted by atomic mass is 19.1. The number of aromatic nitrogens is 3. The van der Waals surface area contributed by atoms with E-state index in [0.717, 1.165) is 38.6 Å². The van der Waals surface area contributed by atoms with Crippen molar-refractivity contribution < 1.29 is 27.8 Å². The van der Waals surface area contributed by atoms with Crippen LogP contribution in [0.4, 0.5) is 19.0 Å². The predicted molar refractivity (Wildman–Crippen MR) is 176 cm³/mol. The Morgan fingerprint density at radius 3 is 2.71 bits per heavy atom. The molecule has 0 saturated carbocycles. The molecular weight excluding hydrogens is 619 g/mol. The van der Waals surface area contributed by atoms with E-state index in [0.29, 0.717) is 49.3 Å². The van der Waals surface area contributed by atoms with Crippen LogP contribution in [0.5, 0.6) is 11.8 Å². The van der Waals surface area contributed by atoms with Gasteiger partial charge in [-0.25, -0.2) is 18.2 Å². The molecule has 1 N–H and O–H groups in total. The summed E-state index contributed by atoms with van der Waals surface area (Å²) >= 11 is 0. The Labute approximate surface area is 276 Å². The summed E-state index contributed by atoms with van der Waals surface area (Å²) in [5.74, 6) is 7.04. The predicted octanol–water partition coefficient (Wildman–Crippen LogP) is 5.90. The van der Waals surface area contributed by atoms with Crippen LogP contribution in [0, 0.1) is 35.8 Å². The summed E-state index contributed by atoms with van der Waals surface area (Å²) in [5, 5.41) is 11.6. The van der Waals surface area contributed by atoms with Gasteiger partial charge < -0.3 is 19.5 Å². The van der Waals surface area contributed by atoms with Gasteiger partial charge in [0.05, 0.1) is 28.7 Å². The molecule has 11 heteroatoms. The Bertz CT molecular complexity index is 2080. The zero-order valence-electron chi connectivity index (χ0n) is 26.6. The Morgan fingerprint density at radius 1 is 1.10 bits per heavy atom. The molecule has 0 amide bonds. The molecule has 0 aliphatic carbocycles. The molecular formula is C37H34F3N5O3. The van der Waals surface area contributed by atoms with Gasteiger partial charge in [-0.1, -0.05) is 17.9 Å². The first-order valence-electron chi connectivity index (χ1n) is 16.4. The summed E-state index contributed by atoms with van der Waals surface area (Å²) in [7, 11) is 0. The van der Waals surface area contributed by atoms with Gasteiger partial charge in [0.15, 0.2) is 5.82 Å². The van der Waals surface area contributed by atoms with Gasteiger partial charge in [-0.15, -0.1) is 6.42 Å². The Balaban J connectivity index is 1.34. The SMILES string of the molecule is C#Cc1c(F)ccc2cc(O)cc(-c3nc(C#CC)c4c(N5CCCC6(CCO6)C5)nc(OC[C@@]56CCCN5C[C@H](F)C6)nc4c3F)c12. The zero-order chi connectivity index (χ0) is 33.2. The van der Waals surface area contributed by atoms with Gasteiger partial charge in [0, 0.05) is 43.4 Å². The number of phenols is 1. The number of hydrogen-bond acceptors (Lipinski definition) is 8. The van der Waals surface area contributed by atoms with E-state index >= 15 is 4.39 Å². The molecule has 8 nitrogen and oxygen atoms in total. The first kappa shape index (κ1) is 30.7. The number of aromatic hydroxyl groups is 1. The van der Waals surface area contributed by atoms with Crippen molar-refractivity contribution in [3.8, 4) is 47.2 Å². The van der Waals surface area contributed by atoms with E-state index in [1.165, 1.54) is 24.3 Å². The molecule has 2 aromatic heterocycles. The maximum absolute atomic E-state index is 17.1. The van der Waals surface area contributed by atoms with Crippen molar-refractivity contribution in [2.24, 2.45) is 0 Å². The number of terminal acetylenes is 1. The number of pyridine rings is 1. The van der Waals surface area contributed by atoms with Crippen molar-refractivity contribution in [2.75, 3.05) is 44.3 Å². The number of alkyl halides is 1. The molecule has 4 aromatic rings. The highest BCUT2D eigenvalue weighted by Gasteiger charge is 2.49. The third-order valence-electron chi connectivity index (χ3n) is 10.5. The van der Waals surface area contributed by atoms with Crippen LogP contribution < -0.4 is 9.64 Å². The second-order valence-electron chi connectivity index (χ2n) is 13.4. The molecule has 4 fully saturated rings. The van der Waals surface area contributed by atoms with E-state index in [-0.39, 0.29) is 57.4 Å². The van der Waals surface area contributed by atoms with E-state index in [9.17, 15) is 13.9 Å². The summed E-state index contributed by atoms with van der Waals surface area (Å²) < 4.78 is 59.0. The molecule has 2 aromatic carbocycles. The summed E-state index contributed by atoms with van der Waals surface area (Å²) in [6.07, 6.45) is 9.55. The number of phenolic OH excluding ortho intramolecular Hbond substituents is 1. The van der Waals surface area contributed by atoms with Gasteiger partial charge in [-0.2, -0.15) is 9.97 Å². The molecule has 1 spiro atoms. The lowest BCUT2D eigenvalue weighted by Gasteiger charge is -2.48. The molecule has 48 heavy (non-hydrogen) atoms. The van der Waals surface area contributed by atoms with Crippen molar-refractivity contribution in [3.63, 3.8) is 0 Å². The maximum atomic E-state index is 17.1. The number of ether oxygens (including phenoxy) is 2. The van der Waals surface area contributed by atoms with Gasteiger partial charge in [0.1, 0.15) is 47.1 Å². The van der Waals surface area contributed by atoms with Crippen molar-refractivity contribution in [1.82, 2.24) is 19.9 Å². The van der Waals surface area contributed by atoms with Crippen LogP contribution in [0.1, 0.15) is 56.7 Å². The third-order valence-corrected chi connectivity index (χ3v) is 10.5. The number of fused-ring (bicyclic) bond motifs is 3. The highest BCUT2D eigenvalue weighted by molar-refractivity contribution is 6.04. The number of hydrogen-bond donors (Lipinski definition) is 1. The Morgan fingerprint density at radius 2 is 1.94 bits per heavy atom. The van der Waals surface area contributed by atoms with Crippen molar-refractivity contribution in [2.45, 2.75) is 62.8 Å². The Kier molecular flexibility index (Phi) is 7.39. The van der Waals surface area contributed by atoms with E-state index < -0.39 is 23.3 Å². The fourth-order valence-electron chi connectivity index (χ4n) is 8.21. The largest absolute Gasteiger partial charge is 0.508 e. The lowest BCUT2D eigenvalue weighted by molar-refractivity contribution is -0.151. The molecule has 4 aliphatic rings. The van der Waals surface area contributed by atoms with Crippen LogP contribution in [-0.2, 0) is 4.74 Å². The number of piperidine rings is 1. The topological polar surface area (TPSA) is 83.8 Å². The molecule has 3 atom stereocenters. The van der Waals surface area contributed by atoms with Crippen LogP contribution in [0.25, 0.3) is 32.9 Å². The molecule has 6 heterocycles. The smallest absolute Gasteiger partial charge is 0.319 e. The minimum Gasteiger partial charge on any atom is -0.508 e. The van der Waals surface area contributed by atoms with E-state index in [1.807, 2.05) is 0 Å². The van der Waals surface area contributed by atoms with Gasteiger partial charge in [-0.3, -0.25) is 4.90 Å². The number of benzene rings is 2. The van der Waals surface area contributed by atoms with Crippen LogP contribution in [0.15, 0.2) is 24.3 Å². The number of anilines is 1. The molecule has 0 radical (unpaired) electrons. The second-order valence-corrected chi connectivity index (χ2v) is 13.4. The minimum atomic E-state index is -0.940. The van der Waals surface area contributed by atoms with E-state index in [2.05, 4.69) is 32.5 Å². The van der Waals surface area contributed by atoms with E-state index in [4.69, 9.17) is 25.9 Å². The lowest BCUT2D eigenvalue weighted by Crippen LogP contribution is -2.56. The normalized spacial score (nSPS) is 25.1. The van der Waals surface area contributed by atoms with Crippen molar-refractivity contribution in [1.29, 1.82) is 0 Å². The fraction of sp³-hybridized carbons (Fsp3) is 0.432. The fourth-order valence-corrected chi connectivity index (χ4v) is 8.21. The average Bonchev–Trinajstić information content (AvgIpc) is 3.59. The molecule has 246 valence electrons. The average molecular weight is 654 g/mol. The number of nitrogens with zero attached hydrogens (tertiary/aromatic N) is 5. The quantitative estimate of drug-likeness (QED) is 0.267. The Hall–Kier alpha value is -4.58. The number of rotatable bonds is 5. The van der Waals surface area contributed by atoms with Crippen LogP contribution in [0.3, 0.4) is 0 Å². The summed E-state index contributed by atoms with van der Waals surface area (Å²) in [6, 6.07) is 5.38. The monoisotopic (exact) mass is 653 g/mol. The number of halogens is 3. The van der Waals surface area contributed by atoms with Crippen LogP contribution in [0.2, 0.25) is 0 Å². The van der Waals surface area contributed by atoms with Gasteiger partial charge in [-0.05, 0) is 68.7 Å². The molecule has 1 unspecified atom stereocenters.